The van der Waals surface area contributed by atoms with Crippen LogP contribution >= 0.6 is 24.0 Å². The zero-order chi connectivity index (χ0) is 25.0. The number of aromatic nitrogens is 2. The van der Waals surface area contributed by atoms with Gasteiger partial charge in [-0.05, 0) is 25.1 Å². The van der Waals surface area contributed by atoms with Crippen molar-refractivity contribution in [3.63, 3.8) is 0 Å². The number of thiocarbonyl (C=S) groups is 1. The van der Waals surface area contributed by atoms with Crippen LogP contribution in [0.2, 0.25) is 0 Å². The van der Waals surface area contributed by atoms with Gasteiger partial charge in [0, 0.05) is 12.6 Å². The van der Waals surface area contributed by atoms with Gasteiger partial charge in [-0.15, -0.1) is 0 Å². The molecule has 0 spiro atoms. The van der Waals surface area contributed by atoms with E-state index >= 15 is 0 Å². The van der Waals surface area contributed by atoms with E-state index in [1.54, 1.807) is 67.2 Å². The second-order valence-electron chi connectivity index (χ2n) is 7.90. The van der Waals surface area contributed by atoms with Crippen LogP contribution in [0, 0.1) is 6.92 Å². The molecule has 0 atom stereocenters. The molecule has 1 fully saturated rings. The number of amides is 2. The first-order chi connectivity index (χ1) is 16.7. The molecular formula is C24H17N4O5S2-. The number of hydrogen-bond acceptors (Lipinski definition) is 7. The fourth-order valence-corrected chi connectivity index (χ4v) is 5.65. The van der Waals surface area contributed by atoms with Gasteiger partial charge in [0.2, 0.25) is 0 Å². The summed E-state index contributed by atoms with van der Waals surface area (Å²) in [7, 11) is 1.71. The zero-order valence-electron chi connectivity index (χ0n) is 18.5. The van der Waals surface area contributed by atoms with Gasteiger partial charge in [-0.1, -0.05) is 60.4 Å². The molecule has 35 heavy (non-hydrogen) atoms. The molecule has 176 valence electrons. The van der Waals surface area contributed by atoms with Crippen molar-refractivity contribution in [1.29, 1.82) is 0 Å². The first kappa shape index (κ1) is 22.8. The molecular weight excluding hydrogens is 488 g/mol. The number of carbonyl (C=O) groups excluding carboxylic acids is 3. The molecule has 9 nitrogen and oxygen atoms in total. The van der Waals surface area contributed by atoms with Crippen molar-refractivity contribution < 1.29 is 19.5 Å². The Morgan fingerprint density at radius 3 is 2.34 bits per heavy atom. The molecule has 11 heteroatoms. The maximum absolute atomic E-state index is 13.7. The van der Waals surface area contributed by atoms with Crippen LogP contribution in [0.5, 0.6) is 0 Å². The highest BCUT2D eigenvalue weighted by Crippen LogP contribution is 2.45. The topological polar surface area (TPSA) is 108 Å². The van der Waals surface area contributed by atoms with E-state index in [-0.39, 0.29) is 20.5 Å². The number of rotatable bonds is 4. The average Bonchev–Trinajstić information content (AvgIpc) is 3.35. The monoisotopic (exact) mass is 505 g/mol. The number of aliphatic carboxylic acids is 1. The lowest BCUT2D eigenvalue weighted by molar-refractivity contribution is -0.303. The molecule has 3 aromatic rings. The number of para-hydroxylation sites is 2. The number of nitrogens with zero attached hydrogens (tertiary/aromatic N) is 4. The molecule has 2 aliphatic heterocycles. The second kappa shape index (κ2) is 8.36. The van der Waals surface area contributed by atoms with Gasteiger partial charge in [0.05, 0.1) is 40.1 Å². The Morgan fingerprint density at radius 1 is 1.00 bits per heavy atom. The fraction of sp³-hybridized carbons (Fsp3) is 0.125. The van der Waals surface area contributed by atoms with E-state index in [9.17, 15) is 24.3 Å². The quantitative estimate of drug-likeness (QED) is 0.389. The predicted molar refractivity (Wildman–Crippen MR) is 134 cm³/mol. The minimum absolute atomic E-state index is 0.0437. The molecule has 2 aromatic carbocycles. The molecule has 0 aliphatic carbocycles. The fourth-order valence-electron chi connectivity index (χ4n) is 4.31. The predicted octanol–water partition coefficient (Wildman–Crippen LogP) is 1.36. The van der Waals surface area contributed by atoms with Crippen molar-refractivity contribution in [3.05, 3.63) is 81.1 Å². The Balaban J connectivity index is 1.65. The van der Waals surface area contributed by atoms with Crippen LogP contribution in [0.15, 0.2) is 64.3 Å². The van der Waals surface area contributed by atoms with Gasteiger partial charge >= 0.3 is 0 Å². The summed E-state index contributed by atoms with van der Waals surface area (Å²) in [5.74, 6) is -2.68. The van der Waals surface area contributed by atoms with Crippen LogP contribution < -0.4 is 20.5 Å². The van der Waals surface area contributed by atoms with E-state index in [1.165, 1.54) is 4.68 Å². The van der Waals surface area contributed by atoms with Crippen molar-refractivity contribution >= 4 is 63.0 Å². The molecule has 0 radical (unpaired) electrons. The van der Waals surface area contributed by atoms with Gasteiger partial charge in [0.15, 0.2) is 4.32 Å². The van der Waals surface area contributed by atoms with E-state index in [2.05, 4.69) is 0 Å². The van der Waals surface area contributed by atoms with E-state index in [4.69, 9.17) is 12.2 Å². The number of anilines is 2. The van der Waals surface area contributed by atoms with Gasteiger partial charge in [-0.2, -0.15) is 0 Å². The van der Waals surface area contributed by atoms with Gasteiger partial charge in [0.1, 0.15) is 5.69 Å². The number of benzene rings is 2. The van der Waals surface area contributed by atoms with E-state index in [0.717, 1.165) is 21.6 Å². The molecule has 0 saturated carbocycles. The third kappa shape index (κ3) is 3.43. The van der Waals surface area contributed by atoms with Crippen LogP contribution in [-0.2, 0) is 21.4 Å². The number of carboxylic acid groups (broad SMARTS) is 1. The summed E-state index contributed by atoms with van der Waals surface area (Å²) in [5, 5.41) is 11.3. The largest absolute Gasteiger partial charge is 0.548 e. The molecule has 2 amide bonds. The molecule has 0 bridgehead atoms. The lowest BCUT2D eigenvalue weighted by atomic mass is 10.1. The van der Waals surface area contributed by atoms with Gasteiger partial charge in [-0.25, -0.2) is 4.68 Å². The molecule has 5 rings (SSSR count). The summed E-state index contributed by atoms with van der Waals surface area (Å²) >= 11 is 6.39. The van der Waals surface area contributed by atoms with Crippen molar-refractivity contribution in [2.75, 3.05) is 16.3 Å². The molecule has 3 heterocycles. The highest BCUT2D eigenvalue weighted by Gasteiger charge is 2.44. The summed E-state index contributed by atoms with van der Waals surface area (Å²) in [5.41, 5.74) is 1.64. The maximum atomic E-state index is 13.7. The number of carboxylic acids is 1. The molecule has 0 N–H and O–H groups in total. The molecule has 1 aromatic heterocycles. The average molecular weight is 506 g/mol. The third-order valence-corrected chi connectivity index (χ3v) is 7.33. The lowest BCUT2D eigenvalue weighted by Gasteiger charge is -2.17. The second-order valence-corrected chi connectivity index (χ2v) is 9.55. The molecule has 0 unspecified atom stereocenters. The van der Waals surface area contributed by atoms with E-state index < -0.39 is 29.9 Å². The highest BCUT2D eigenvalue weighted by molar-refractivity contribution is 8.27. The Bertz CT molecular complexity index is 1540. The summed E-state index contributed by atoms with van der Waals surface area (Å²) < 4.78 is 3.18. The van der Waals surface area contributed by atoms with Crippen LogP contribution in [0.25, 0.3) is 11.3 Å². The van der Waals surface area contributed by atoms with Crippen LogP contribution in [-0.4, -0.2) is 38.0 Å². The Labute approximate surface area is 208 Å². The maximum Gasteiger partial charge on any atom is 0.296 e. The summed E-state index contributed by atoms with van der Waals surface area (Å²) in [6.45, 7) is 1.05. The van der Waals surface area contributed by atoms with Gasteiger partial charge < -0.3 is 14.8 Å². The minimum atomic E-state index is -1.43. The lowest BCUT2D eigenvalue weighted by Crippen LogP contribution is -2.39. The first-order valence-electron chi connectivity index (χ1n) is 10.5. The van der Waals surface area contributed by atoms with Crippen molar-refractivity contribution in [3.8, 4) is 5.69 Å². The zero-order valence-corrected chi connectivity index (χ0v) is 20.2. The summed E-state index contributed by atoms with van der Waals surface area (Å²) in [4.78, 5) is 53.9. The number of thioether (sulfide) groups is 1. The Hall–Kier alpha value is -3.96. The Morgan fingerprint density at radius 2 is 1.66 bits per heavy atom. The van der Waals surface area contributed by atoms with Gasteiger partial charge in [-0.3, -0.25) is 24.0 Å². The van der Waals surface area contributed by atoms with E-state index in [0.29, 0.717) is 22.6 Å². The van der Waals surface area contributed by atoms with Gasteiger partial charge in [0.25, 0.3) is 17.4 Å². The third-order valence-electron chi connectivity index (χ3n) is 5.95. The number of hydrogen-bond donors (Lipinski definition) is 0. The summed E-state index contributed by atoms with van der Waals surface area (Å²) in [6, 6.07) is 15.6. The SMILES string of the molecule is Cc1c(N2C(=O)C(=C3C(=O)N(CC(=O)[O-])c4ccccc43)SC2=S)c(=O)n(-c2ccccc2)n1C. The van der Waals surface area contributed by atoms with Crippen molar-refractivity contribution in [2.45, 2.75) is 6.92 Å². The standard InChI is InChI=1S/C24H18N4O5S2/c1-13-19(22(32)28(25(13)2)14-8-4-3-5-9-14)27-23(33)20(35-24(27)34)18-15-10-6-7-11-16(15)26(21(18)31)12-17(29)30/h3-11H,12H2,1-2H3,(H,29,30)/p-1. The number of carbonyl (C=O) groups is 3. The van der Waals surface area contributed by atoms with Crippen LogP contribution in [0.1, 0.15) is 11.3 Å². The van der Waals surface area contributed by atoms with Crippen molar-refractivity contribution in [2.24, 2.45) is 7.05 Å². The van der Waals surface area contributed by atoms with Crippen LogP contribution in [0.3, 0.4) is 0 Å². The molecule has 2 aliphatic rings. The van der Waals surface area contributed by atoms with Crippen LogP contribution in [0.4, 0.5) is 11.4 Å². The van der Waals surface area contributed by atoms with Crippen molar-refractivity contribution in [1.82, 2.24) is 9.36 Å². The smallest absolute Gasteiger partial charge is 0.296 e. The minimum Gasteiger partial charge on any atom is -0.548 e. The highest BCUT2D eigenvalue weighted by atomic mass is 32.2. The number of fused-ring (bicyclic) bond motifs is 1. The Kier molecular flexibility index (Phi) is 5.45. The normalized spacial score (nSPS) is 17.5. The van der Waals surface area contributed by atoms with E-state index in [1.807, 2.05) is 6.07 Å². The summed E-state index contributed by atoms with van der Waals surface area (Å²) in [6.07, 6.45) is 0. The first-order valence-corrected chi connectivity index (χ1v) is 11.7. The molecule has 1 saturated heterocycles.